The van der Waals surface area contributed by atoms with Crippen LogP contribution in [0.25, 0.3) is 0 Å². The number of hydrogen-bond donors (Lipinski definition) is 3. The third kappa shape index (κ3) is 6.59. The fourth-order valence-electron chi connectivity index (χ4n) is 2.58. The Hall–Kier alpha value is -2.55. The maximum Gasteiger partial charge on any atom is 0.326 e. The van der Waals surface area contributed by atoms with Crippen LogP contribution in [0.4, 0.5) is 5.69 Å². The van der Waals surface area contributed by atoms with Crippen molar-refractivity contribution < 1.29 is 24.2 Å². The number of hydrogen-bond acceptors (Lipinski definition) is 5. The van der Waals surface area contributed by atoms with Gasteiger partial charge in [-0.1, -0.05) is 13.8 Å². The number of aliphatic carboxylic acids is 1. The van der Waals surface area contributed by atoms with Crippen molar-refractivity contribution in [3.8, 4) is 11.5 Å². The molecule has 0 bridgehead atoms. The number of benzene rings is 1. The number of carboxylic acid groups (broad SMARTS) is 1. The molecule has 1 aromatic rings. The summed E-state index contributed by atoms with van der Waals surface area (Å²) in [6, 6.07) is 4.40. The Kier molecular flexibility index (Phi) is 8.80. The van der Waals surface area contributed by atoms with Crippen LogP contribution in [0.1, 0.15) is 20.3 Å². The predicted molar refractivity (Wildman–Crippen MR) is 107 cm³/mol. The number of carbonyl (C=O) groups excluding carboxylic acids is 1. The van der Waals surface area contributed by atoms with Crippen LogP contribution in [0.3, 0.4) is 0 Å². The molecule has 0 saturated heterocycles. The van der Waals surface area contributed by atoms with E-state index in [0.717, 1.165) is 0 Å². The van der Waals surface area contributed by atoms with Gasteiger partial charge in [0.25, 0.3) is 0 Å². The van der Waals surface area contributed by atoms with Crippen LogP contribution in [0.15, 0.2) is 18.2 Å². The van der Waals surface area contributed by atoms with Gasteiger partial charge in [0, 0.05) is 26.1 Å². The van der Waals surface area contributed by atoms with E-state index >= 15 is 0 Å². The number of carboxylic acids is 1. The smallest absolute Gasteiger partial charge is 0.326 e. The van der Waals surface area contributed by atoms with Crippen LogP contribution >= 0.6 is 12.2 Å². The third-order valence-electron chi connectivity index (χ3n) is 3.98. The quantitative estimate of drug-likeness (QED) is 0.544. The van der Waals surface area contributed by atoms with Crippen molar-refractivity contribution in [1.82, 2.24) is 10.2 Å². The van der Waals surface area contributed by atoms with Crippen LogP contribution in [0, 0.1) is 5.92 Å². The lowest BCUT2D eigenvalue weighted by molar-refractivity contribution is -0.150. The number of nitrogens with zero attached hydrogens (tertiary/aromatic N) is 1. The lowest BCUT2D eigenvalue weighted by Crippen LogP contribution is -2.46. The van der Waals surface area contributed by atoms with Crippen LogP contribution < -0.4 is 20.1 Å². The molecule has 1 unspecified atom stereocenters. The Morgan fingerprint density at radius 3 is 2.44 bits per heavy atom. The highest BCUT2D eigenvalue weighted by atomic mass is 32.1. The number of ether oxygens (including phenoxy) is 2. The van der Waals surface area contributed by atoms with E-state index in [1.54, 1.807) is 46.3 Å². The van der Waals surface area contributed by atoms with Crippen molar-refractivity contribution in [3.05, 3.63) is 18.2 Å². The highest BCUT2D eigenvalue weighted by Crippen LogP contribution is 2.28. The van der Waals surface area contributed by atoms with Gasteiger partial charge in [0.05, 0.1) is 19.9 Å². The first-order valence-electron chi connectivity index (χ1n) is 8.46. The zero-order valence-corrected chi connectivity index (χ0v) is 17.1. The van der Waals surface area contributed by atoms with E-state index < -0.39 is 12.0 Å². The number of anilines is 1. The Morgan fingerprint density at radius 1 is 1.26 bits per heavy atom. The predicted octanol–water partition coefficient (Wildman–Crippen LogP) is 1.95. The third-order valence-corrected chi connectivity index (χ3v) is 4.22. The van der Waals surface area contributed by atoms with E-state index in [1.807, 2.05) is 0 Å². The van der Waals surface area contributed by atoms with Crippen molar-refractivity contribution in [3.63, 3.8) is 0 Å². The summed E-state index contributed by atoms with van der Waals surface area (Å²) >= 11 is 5.23. The first-order chi connectivity index (χ1) is 12.7. The number of thiocarbonyl (C=S) groups is 1. The molecule has 3 N–H and O–H groups in total. The summed E-state index contributed by atoms with van der Waals surface area (Å²) in [4.78, 5) is 24.8. The number of methoxy groups -OCH3 is 2. The first kappa shape index (κ1) is 22.5. The molecular weight excluding hydrogens is 370 g/mol. The van der Waals surface area contributed by atoms with Gasteiger partial charge < -0.3 is 30.1 Å². The molecule has 0 aliphatic heterocycles. The van der Waals surface area contributed by atoms with Gasteiger partial charge in [0.15, 0.2) is 5.11 Å². The van der Waals surface area contributed by atoms with Gasteiger partial charge in [-0.2, -0.15) is 0 Å². The molecule has 0 fully saturated rings. The molecule has 0 heterocycles. The standard InChI is InChI=1S/C18H27N3O5S/c1-11(2)16(17(23)24)21(3)15(22)8-9-19-18(27)20-13-7-6-12(25-4)10-14(13)26-5/h6-7,10-11,16H,8-9H2,1-5H3,(H,23,24)(H2,19,20,27). The minimum absolute atomic E-state index is 0.120. The van der Waals surface area contributed by atoms with Crippen LogP contribution in [-0.2, 0) is 9.59 Å². The maximum atomic E-state index is 12.2. The molecule has 0 spiro atoms. The molecule has 0 aliphatic rings. The van der Waals surface area contributed by atoms with Gasteiger partial charge >= 0.3 is 5.97 Å². The summed E-state index contributed by atoms with van der Waals surface area (Å²) in [6.07, 6.45) is 0.120. The van der Waals surface area contributed by atoms with Gasteiger partial charge in [-0.15, -0.1) is 0 Å². The fourth-order valence-corrected chi connectivity index (χ4v) is 2.79. The second-order valence-electron chi connectivity index (χ2n) is 6.23. The maximum absolute atomic E-state index is 12.2. The molecule has 1 amide bonds. The second-order valence-corrected chi connectivity index (χ2v) is 6.64. The summed E-state index contributed by atoms with van der Waals surface area (Å²) in [5, 5.41) is 15.5. The van der Waals surface area contributed by atoms with Crippen LogP contribution in [0.5, 0.6) is 11.5 Å². The van der Waals surface area contributed by atoms with Crippen LogP contribution in [-0.4, -0.2) is 60.8 Å². The van der Waals surface area contributed by atoms with E-state index in [0.29, 0.717) is 22.3 Å². The number of rotatable bonds is 9. The Labute approximate surface area is 164 Å². The molecular formula is C18H27N3O5S. The van der Waals surface area contributed by atoms with Crippen molar-refractivity contribution in [2.75, 3.05) is 33.1 Å². The monoisotopic (exact) mass is 397 g/mol. The molecule has 150 valence electrons. The lowest BCUT2D eigenvalue weighted by Gasteiger charge is -2.27. The largest absolute Gasteiger partial charge is 0.497 e. The summed E-state index contributed by atoms with van der Waals surface area (Å²) in [6.45, 7) is 3.81. The highest BCUT2D eigenvalue weighted by molar-refractivity contribution is 7.80. The lowest BCUT2D eigenvalue weighted by atomic mass is 10.0. The molecule has 27 heavy (non-hydrogen) atoms. The zero-order valence-electron chi connectivity index (χ0n) is 16.2. The molecule has 0 radical (unpaired) electrons. The van der Waals surface area contributed by atoms with E-state index in [-0.39, 0.29) is 24.8 Å². The van der Waals surface area contributed by atoms with Crippen molar-refractivity contribution >= 4 is 34.9 Å². The molecule has 9 heteroatoms. The SMILES string of the molecule is COc1ccc(NC(=S)NCCC(=O)N(C)C(C(=O)O)C(C)C)c(OC)c1. The van der Waals surface area contributed by atoms with Gasteiger partial charge in [0.1, 0.15) is 17.5 Å². The Morgan fingerprint density at radius 2 is 1.93 bits per heavy atom. The molecule has 1 aromatic carbocycles. The summed E-state index contributed by atoms with van der Waals surface area (Å²) in [7, 11) is 4.61. The minimum Gasteiger partial charge on any atom is -0.497 e. The average Bonchev–Trinajstić information content (AvgIpc) is 2.61. The minimum atomic E-state index is -1.02. The fraction of sp³-hybridized carbons (Fsp3) is 0.500. The molecule has 0 saturated carbocycles. The number of likely N-dealkylation sites (N-methyl/N-ethyl adjacent to an activating group) is 1. The molecule has 0 aliphatic carbocycles. The Balaban J connectivity index is 2.56. The van der Waals surface area contributed by atoms with Gasteiger partial charge in [-0.05, 0) is 30.3 Å². The second kappa shape index (κ2) is 10.6. The summed E-state index contributed by atoms with van der Waals surface area (Å²) < 4.78 is 10.4. The van der Waals surface area contributed by atoms with E-state index in [1.165, 1.54) is 11.9 Å². The number of nitrogens with one attached hydrogen (secondary N) is 2. The average molecular weight is 397 g/mol. The van der Waals surface area contributed by atoms with Crippen molar-refractivity contribution in [2.45, 2.75) is 26.3 Å². The van der Waals surface area contributed by atoms with Gasteiger partial charge in [-0.25, -0.2) is 4.79 Å². The molecule has 1 rings (SSSR count). The number of amides is 1. The number of carbonyl (C=O) groups is 2. The normalized spacial score (nSPS) is 11.5. The van der Waals surface area contributed by atoms with E-state index in [2.05, 4.69) is 10.6 Å². The molecule has 1 atom stereocenters. The van der Waals surface area contributed by atoms with E-state index in [9.17, 15) is 14.7 Å². The molecule has 8 nitrogen and oxygen atoms in total. The van der Waals surface area contributed by atoms with Crippen molar-refractivity contribution in [1.29, 1.82) is 0 Å². The summed E-state index contributed by atoms with van der Waals surface area (Å²) in [5.74, 6) is -0.251. The topological polar surface area (TPSA) is 100 Å². The molecule has 0 aromatic heterocycles. The highest BCUT2D eigenvalue weighted by Gasteiger charge is 2.29. The van der Waals surface area contributed by atoms with Crippen molar-refractivity contribution in [2.24, 2.45) is 5.92 Å². The van der Waals surface area contributed by atoms with Gasteiger partial charge in [0.2, 0.25) is 5.91 Å². The summed E-state index contributed by atoms with van der Waals surface area (Å²) in [5.41, 5.74) is 0.657. The van der Waals surface area contributed by atoms with Gasteiger partial charge in [-0.3, -0.25) is 4.79 Å². The van der Waals surface area contributed by atoms with Crippen LogP contribution in [0.2, 0.25) is 0 Å². The first-order valence-corrected chi connectivity index (χ1v) is 8.87. The van der Waals surface area contributed by atoms with E-state index in [4.69, 9.17) is 21.7 Å². The zero-order chi connectivity index (χ0) is 20.6. The Bertz CT molecular complexity index is 681.